The molecule has 0 aliphatic heterocycles. The molecule has 0 atom stereocenters. The number of carbonyl (C=O) groups is 1. The van der Waals surface area contributed by atoms with Gasteiger partial charge in [0.2, 0.25) is 0 Å². The van der Waals surface area contributed by atoms with E-state index in [0.717, 1.165) is 0 Å². The number of hydrogen-bond donors (Lipinski definition) is 0. The Labute approximate surface area is 367 Å². The average Bonchev–Trinajstić information content (AvgIpc) is 3.32. The molecule has 10 heteroatoms. The van der Waals surface area contributed by atoms with Gasteiger partial charge in [0.25, 0.3) is 0 Å². The Bertz CT molecular complexity index is 3410. The number of carbonyl (C=O) groups excluding carboxylic acids is 1. The molecular formula is C53H33IO9. The number of halogens is 1. The van der Waals surface area contributed by atoms with Crippen LogP contribution in [0.3, 0.4) is 0 Å². The molecule has 0 spiro atoms. The summed E-state index contributed by atoms with van der Waals surface area (Å²) >= 11 is -3.41. The summed E-state index contributed by atoms with van der Waals surface area (Å²) in [7, 11) is 0. The predicted molar refractivity (Wildman–Crippen MR) is 251 cm³/mol. The Balaban J connectivity index is 1.20. The molecule has 0 fully saturated rings. The molecule has 2 heterocycles. The van der Waals surface area contributed by atoms with Crippen molar-refractivity contribution >= 4 is 59.1 Å². The van der Waals surface area contributed by atoms with E-state index < -0.39 is 31.8 Å². The van der Waals surface area contributed by atoms with E-state index in [2.05, 4.69) is 0 Å². The molecule has 0 aliphatic rings. The van der Waals surface area contributed by atoms with Crippen molar-refractivity contribution < 1.29 is 30.9 Å². The fourth-order valence-corrected chi connectivity index (χ4v) is 11.2. The molecule has 10 rings (SSSR count). The molecule has 10 aromatic rings. The van der Waals surface area contributed by atoms with Gasteiger partial charge in [0.15, 0.2) is 0 Å². The molecule has 0 saturated heterocycles. The Morgan fingerprint density at radius 3 is 1.71 bits per heavy atom. The van der Waals surface area contributed by atoms with E-state index in [1.165, 1.54) is 6.07 Å². The standard InChI is InChI=1S/C53H33IO9/c55-48-30-26-34-25-27-37(32-46(34)62-48)54(36-28-29-45-42(31-36)50(56)41-23-13-14-24-44(41)61-45)63-53(57)43-33-47(58-38-17-7-2-8-18-38)51(59-39-19-9-3-10-20-39)52(60-40-21-11-4-12-22-40)49(43)35-15-5-1-6-16-35/h1-33H. The molecule has 9 nitrogen and oxygen atoms in total. The zero-order valence-electron chi connectivity index (χ0n) is 33.1. The second kappa shape index (κ2) is 17.2. The molecule has 0 N–H and O–H groups in total. The zero-order valence-corrected chi connectivity index (χ0v) is 35.3. The van der Waals surface area contributed by atoms with E-state index in [1.54, 1.807) is 60.7 Å². The van der Waals surface area contributed by atoms with Crippen LogP contribution in [0.5, 0.6) is 34.5 Å². The number of rotatable bonds is 11. The third-order valence-electron chi connectivity index (χ3n) is 10.0. The van der Waals surface area contributed by atoms with Crippen LogP contribution in [0, 0.1) is 7.14 Å². The maximum absolute atomic E-state index is 15.4. The first kappa shape index (κ1) is 39.2. The van der Waals surface area contributed by atoms with Gasteiger partial charge in [-0.15, -0.1) is 0 Å². The summed E-state index contributed by atoms with van der Waals surface area (Å²) in [5.74, 6) is 1.40. The summed E-state index contributed by atoms with van der Waals surface area (Å²) in [4.78, 5) is 41.8. The van der Waals surface area contributed by atoms with Gasteiger partial charge in [0.05, 0.1) is 0 Å². The van der Waals surface area contributed by atoms with E-state index in [4.69, 9.17) is 26.1 Å². The molecule has 8 aromatic carbocycles. The van der Waals surface area contributed by atoms with Gasteiger partial charge in [0.1, 0.15) is 0 Å². The number of hydrogen-bond acceptors (Lipinski definition) is 9. The number of ether oxygens (including phenoxy) is 3. The zero-order chi connectivity index (χ0) is 42.7. The summed E-state index contributed by atoms with van der Waals surface area (Å²) in [5.41, 5.74) is 1.60. The summed E-state index contributed by atoms with van der Waals surface area (Å²) in [6.45, 7) is 0. The van der Waals surface area contributed by atoms with E-state index in [-0.39, 0.29) is 28.2 Å². The number of para-hydroxylation sites is 4. The second-order valence-electron chi connectivity index (χ2n) is 14.2. The van der Waals surface area contributed by atoms with E-state index >= 15 is 4.79 Å². The van der Waals surface area contributed by atoms with Crippen LogP contribution in [0.25, 0.3) is 44.0 Å². The Morgan fingerprint density at radius 2 is 1.02 bits per heavy atom. The minimum absolute atomic E-state index is 0.124. The molecule has 0 amide bonds. The van der Waals surface area contributed by atoms with Crippen molar-refractivity contribution in [3.05, 3.63) is 234 Å². The van der Waals surface area contributed by atoms with Gasteiger partial charge in [-0.1, -0.05) is 0 Å². The van der Waals surface area contributed by atoms with Crippen LogP contribution in [0.4, 0.5) is 0 Å². The molecule has 0 bridgehead atoms. The van der Waals surface area contributed by atoms with Crippen molar-refractivity contribution in [2.45, 2.75) is 0 Å². The number of benzene rings is 8. The average molecular weight is 941 g/mol. The van der Waals surface area contributed by atoms with Crippen molar-refractivity contribution in [2.24, 2.45) is 0 Å². The predicted octanol–water partition coefficient (Wildman–Crippen LogP) is 13.4. The topological polar surface area (TPSA) is 114 Å². The summed E-state index contributed by atoms with van der Waals surface area (Å²) in [5, 5.41) is 1.45. The monoisotopic (exact) mass is 940 g/mol. The van der Waals surface area contributed by atoms with Gasteiger partial charge in [-0.25, -0.2) is 0 Å². The van der Waals surface area contributed by atoms with Crippen LogP contribution < -0.4 is 25.3 Å². The normalized spacial score (nSPS) is 11.3. The third-order valence-corrected chi connectivity index (χ3v) is 14.5. The van der Waals surface area contributed by atoms with Crippen LogP contribution in [0.15, 0.2) is 219 Å². The molecule has 0 unspecified atom stereocenters. The molecule has 0 aliphatic carbocycles. The first-order chi connectivity index (χ1) is 30.9. The summed E-state index contributed by atoms with van der Waals surface area (Å²) < 4.78 is 39.9. The Morgan fingerprint density at radius 1 is 0.460 bits per heavy atom. The van der Waals surface area contributed by atoms with Crippen molar-refractivity contribution in [3.8, 4) is 45.6 Å². The van der Waals surface area contributed by atoms with Crippen LogP contribution in [-0.2, 0) is 3.07 Å². The van der Waals surface area contributed by atoms with Crippen molar-refractivity contribution in [1.82, 2.24) is 0 Å². The van der Waals surface area contributed by atoms with E-state index in [9.17, 15) is 9.59 Å². The van der Waals surface area contributed by atoms with Crippen LogP contribution in [0.2, 0.25) is 0 Å². The molecule has 0 saturated carbocycles. The van der Waals surface area contributed by atoms with E-state index in [1.807, 2.05) is 133 Å². The Hall–Kier alpha value is -7.96. The molecule has 0 radical (unpaired) electrons. The van der Waals surface area contributed by atoms with Gasteiger partial charge in [0, 0.05) is 0 Å². The maximum atomic E-state index is 15.4. The van der Waals surface area contributed by atoms with Crippen LogP contribution in [-0.4, -0.2) is 5.97 Å². The van der Waals surface area contributed by atoms with Crippen LogP contribution >= 0.6 is 20.2 Å². The van der Waals surface area contributed by atoms with Crippen molar-refractivity contribution in [3.63, 3.8) is 0 Å². The van der Waals surface area contributed by atoms with Crippen molar-refractivity contribution in [1.29, 1.82) is 0 Å². The molecule has 2 aromatic heterocycles. The first-order valence-corrected chi connectivity index (χ1v) is 22.9. The minimum atomic E-state index is -3.41. The third kappa shape index (κ3) is 8.15. The van der Waals surface area contributed by atoms with Crippen LogP contribution in [0.1, 0.15) is 10.4 Å². The van der Waals surface area contributed by atoms with Gasteiger partial charge < -0.3 is 0 Å². The van der Waals surface area contributed by atoms with Crippen molar-refractivity contribution in [2.75, 3.05) is 0 Å². The van der Waals surface area contributed by atoms with Gasteiger partial charge >= 0.3 is 369 Å². The molecule has 306 valence electrons. The fraction of sp³-hybridized carbons (Fsp3) is 0. The van der Waals surface area contributed by atoms with Gasteiger partial charge in [-0.3, -0.25) is 0 Å². The first-order valence-electron chi connectivity index (χ1n) is 19.8. The quantitative estimate of drug-likeness (QED) is 0.0710. The summed E-state index contributed by atoms with van der Waals surface area (Å²) in [6, 6.07) is 59.4. The second-order valence-corrected chi connectivity index (χ2v) is 18.5. The fourth-order valence-electron chi connectivity index (χ4n) is 7.12. The SMILES string of the molecule is O=C(OI(c1ccc2ccc(=O)oc2c1)c1ccc2oc3ccccc3c(=O)c2c1)c1cc(Oc2ccccc2)c(Oc2ccccc2)c(Oc2ccccc2)c1-c1ccccc1. The summed E-state index contributed by atoms with van der Waals surface area (Å²) in [6.07, 6.45) is 0. The molecule has 63 heavy (non-hydrogen) atoms. The number of fused-ring (bicyclic) bond motifs is 3. The molecular weight excluding hydrogens is 907 g/mol. The Kier molecular flexibility index (Phi) is 10.7. The van der Waals surface area contributed by atoms with Gasteiger partial charge in [-0.05, 0) is 0 Å². The van der Waals surface area contributed by atoms with E-state index in [0.29, 0.717) is 68.4 Å². The van der Waals surface area contributed by atoms with Gasteiger partial charge in [-0.2, -0.15) is 0 Å².